The summed E-state index contributed by atoms with van der Waals surface area (Å²) in [5, 5.41) is 24.1. The molecule has 2 heterocycles. The molecule has 8 nitrogen and oxygen atoms in total. The maximum Gasteiger partial charge on any atom is 0.416 e. The summed E-state index contributed by atoms with van der Waals surface area (Å²) in [6.07, 6.45) is 0.0770. The highest BCUT2D eigenvalue weighted by Gasteiger charge is 2.35. The van der Waals surface area contributed by atoms with Crippen molar-refractivity contribution in [2.45, 2.75) is 25.0 Å². The number of fused-ring (bicyclic) bond motifs is 3. The molecular formula is C30H31Cl2N3O5. The molecule has 0 bridgehead atoms. The third-order valence-corrected chi connectivity index (χ3v) is 7.41. The minimum absolute atomic E-state index is 0.0284. The molecule has 1 aromatic heterocycles. The van der Waals surface area contributed by atoms with Crippen LogP contribution >= 0.6 is 23.2 Å². The SMILES string of the molecule is O=C(Oc1ccc(Cl)cc1)N1CCc2c([nH]c3ccc(Cl)cc23)[C@@H]1c1ccc(OCCC(O)CNCCO)cc1. The van der Waals surface area contributed by atoms with E-state index in [1.54, 1.807) is 29.2 Å². The number of aromatic nitrogens is 1. The Morgan fingerprint density at radius 1 is 1.05 bits per heavy atom. The number of carbonyl (C=O) groups is 1. The average Bonchev–Trinajstić information content (AvgIpc) is 3.32. The van der Waals surface area contributed by atoms with E-state index in [-0.39, 0.29) is 6.61 Å². The zero-order valence-corrected chi connectivity index (χ0v) is 23.3. The van der Waals surface area contributed by atoms with Crippen molar-refractivity contribution in [1.29, 1.82) is 0 Å². The molecule has 210 valence electrons. The van der Waals surface area contributed by atoms with Crippen molar-refractivity contribution in [1.82, 2.24) is 15.2 Å². The molecule has 0 saturated heterocycles. The van der Waals surface area contributed by atoms with Crippen LogP contribution in [0.15, 0.2) is 66.7 Å². The first-order valence-corrected chi connectivity index (χ1v) is 13.9. The van der Waals surface area contributed by atoms with Crippen LogP contribution in [-0.4, -0.2) is 65.1 Å². The van der Waals surface area contributed by atoms with Crippen LogP contribution in [0, 0.1) is 0 Å². The second-order valence-corrected chi connectivity index (χ2v) is 10.5. The molecule has 1 aliphatic rings. The van der Waals surface area contributed by atoms with Gasteiger partial charge in [-0.1, -0.05) is 35.3 Å². The number of H-pyrrole nitrogens is 1. The fourth-order valence-corrected chi connectivity index (χ4v) is 5.27. The monoisotopic (exact) mass is 583 g/mol. The molecule has 0 fully saturated rings. The molecule has 0 aliphatic carbocycles. The molecule has 2 atom stereocenters. The van der Waals surface area contributed by atoms with Gasteiger partial charge in [-0.3, -0.25) is 4.90 Å². The summed E-state index contributed by atoms with van der Waals surface area (Å²) in [4.78, 5) is 18.7. The maximum absolute atomic E-state index is 13.5. The number of amides is 1. The highest BCUT2D eigenvalue weighted by atomic mass is 35.5. The van der Waals surface area contributed by atoms with Gasteiger partial charge in [0.05, 0.1) is 19.3 Å². The molecule has 0 spiro atoms. The number of aliphatic hydroxyl groups is 2. The first-order valence-electron chi connectivity index (χ1n) is 13.2. The molecule has 4 aromatic rings. The van der Waals surface area contributed by atoms with Gasteiger partial charge >= 0.3 is 6.09 Å². The molecule has 4 N–H and O–H groups in total. The van der Waals surface area contributed by atoms with Crippen LogP contribution in [0.4, 0.5) is 4.79 Å². The van der Waals surface area contributed by atoms with Crippen LogP contribution < -0.4 is 14.8 Å². The summed E-state index contributed by atoms with van der Waals surface area (Å²) < 4.78 is 11.6. The van der Waals surface area contributed by atoms with Gasteiger partial charge in [-0.2, -0.15) is 0 Å². The van der Waals surface area contributed by atoms with E-state index < -0.39 is 18.2 Å². The Kier molecular flexibility index (Phi) is 9.14. The van der Waals surface area contributed by atoms with E-state index >= 15 is 0 Å². The quantitative estimate of drug-likeness (QED) is 0.188. The Morgan fingerprint density at radius 3 is 2.52 bits per heavy atom. The number of benzene rings is 3. The summed E-state index contributed by atoms with van der Waals surface area (Å²) in [6, 6.07) is 19.6. The first kappa shape index (κ1) is 28.3. The number of halogens is 2. The normalized spacial score (nSPS) is 15.6. The molecule has 10 heteroatoms. The molecule has 1 unspecified atom stereocenters. The van der Waals surface area contributed by atoms with Gasteiger partial charge in [-0.15, -0.1) is 0 Å². The van der Waals surface area contributed by atoms with Crippen molar-refractivity contribution in [2.75, 3.05) is 32.8 Å². The van der Waals surface area contributed by atoms with Crippen molar-refractivity contribution < 1.29 is 24.5 Å². The lowest BCUT2D eigenvalue weighted by molar-refractivity contribution is 0.135. The van der Waals surface area contributed by atoms with Gasteiger partial charge in [-0.05, 0) is 72.1 Å². The molecule has 40 heavy (non-hydrogen) atoms. The molecule has 3 aromatic carbocycles. The molecule has 1 amide bonds. The number of rotatable bonds is 10. The van der Waals surface area contributed by atoms with Crippen LogP contribution in [0.5, 0.6) is 11.5 Å². The topological polar surface area (TPSA) is 107 Å². The summed E-state index contributed by atoms with van der Waals surface area (Å²) in [5.74, 6) is 1.08. The zero-order chi connectivity index (χ0) is 28.1. The summed E-state index contributed by atoms with van der Waals surface area (Å²) in [7, 11) is 0. The minimum atomic E-state index is -0.567. The molecule has 0 radical (unpaired) electrons. The van der Waals surface area contributed by atoms with Crippen molar-refractivity contribution >= 4 is 40.2 Å². The number of ether oxygens (including phenoxy) is 2. The van der Waals surface area contributed by atoms with Crippen LogP contribution in [0.3, 0.4) is 0 Å². The van der Waals surface area contributed by atoms with Gasteiger partial charge in [-0.25, -0.2) is 4.79 Å². The van der Waals surface area contributed by atoms with Crippen molar-refractivity contribution in [2.24, 2.45) is 0 Å². The largest absolute Gasteiger partial charge is 0.493 e. The Labute approximate surface area is 242 Å². The van der Waals surface area contributed by atoms with E-state index in [2.05, 4.69) is 10.3 Å². The van der Waals surface area contributed by atoms with E-state index in [1.165, 1.54) is 0 Å². The molecule has 1 aliphatic heterocycles. The number of aliphatic hydroxyl groups excluding tert-OH is 2. The number of hydrogen-bond acceptors (Lipinski definition) is 6. The van der Waals surface area contributed by atoms with Gasteiger partial charge in [0, 0.05) is 52.7 Å². The van der Waals surface area contributed by atoms with Crippen LogP contribution in [-0.2, 0) is 6.42 Å². The smallest absolute Gasteiger partial charge is 0.416 e. The number of nitrogens with one attached hydrogen (secondary N) is 2. The Hall–Kier alpha value is -3.27. The lowest BCUT2D eigenvalue weighted by Crippen LogP contribution is -2.42. The van der Waals surface area contributed by atoms with Crippen LogP contribution in [0.1, 0.15) is 29.3 Å². The Balaban J connectivity index is 1.37. The van der Waals surface area contributed by atoms with Gasteiger partial charge in [0.1, 0.15) is 17.5 Å². The Bertz CT molecular complexity index is 1440. The molecular weight excluding hydrogens is 553 g/mol. The van der Waals surface area contributed by atoms with Crippen molar-refractivity contribution in [3.8, 4) is 11.5 Å². The predicted molar refractivity (Wildman–Crippen MR) is 156 cm³/mol. The number of carbonyl (C=O) groups excluding carboxylic acids is 1. The van der Waals surface area contributed by atoms with Gasteiger partial charge in [0.25, 0.3) is 0 Å². The van der Waals surface area contributed by atoms with E-state index in [0.29, 0.717) is 60.6 Å². The second kappa shape index (κ2) is 12.9. The second-order valence-electron chi connectivity index (χ2n) is 9.66. The summed E-state index contributed by atoms with van der Waals surface area (Å²) in [6.45, 7) is 1.67. The highest BCUT2D eigenvalue weighted by Crippen LogP contribution is 2.40. The van der Waals surface area contributed by atoms with E-state index in [9.17, 15) is 9.90 Å². The van der Waals surface area contributed by atoms with E-state index in [4.69, 9.17) is 37.8 Å². The van der Waals surface area contributed by atoms with Crippen LogP contribution in [0.25, 0.3) is 10.9 Å². The lowest BCUT2D eigenvalue weighted by atomic mass is 9.92. The maximum atomic E-state index is 13.5. The van der Waals surface area contributed by atoms with Crippen molar-refractivity contribution in [3.05, 3.63) is 93.6 Å². The molecule has 0 saturated carbocycles. The first-order chi connectivity index (χ1) is 19.4. The summed E-state index contributed by atoms with van der Waals surface area (Å²) in [5.41, 5.74) is 3.90. The van der Waals surface area contributed by atoms with E-state index in [0.717, 1.165) is 27.7 Å². The molecule has 5 rings (SSSR count). The number of aromatic amines is 1. The average molecular weight is 585 g/mol. The third-order valence-electron chi connectivity index (χ3n) is 6.93. The fourth-order valence-electron chi connectivity index (χ4n) is 4.98. The highest BCUT2D eigenvalue weighted by molar-refractivity contribution is 6.31. The number of nitrogens with zero attached hydrogens (tertiary/aromatic N) is 1. The van der Waals surface area contributed by atoms with Crippen LogP contribution in [0.2, 0.25) is 10.0 Å². The predicted octanol–water partition coefficient (Wildman–Crippen LogP) is 5.33. The lowest BCUT2D eigenvalue weighted by Gasteiger charge is -2.35. The standard InChI is InChI=1S/C30H31Cl2N3O5/c31-20-3-8-24(9-4-20)40-30(38)35-14-11-25-26-17-21(32)5-10-27(26)34-28(25)29(35)19-1-6-23(7-2-19)39-16-12-22(37)18-33-13-15-36/h1-10,17,22,29,33-34,36-37H,11-16,18H2/t22?,29-/m0/s1. The van der Waals surface area contributed by atoms with Gasteiger partial charge < -0.3 is 30.0 Å². The zero-order valence-electron chi connectivity index (χ0n) is 21.8. The minimum Gasteiger partial charge on any atom is -0.493 e. The van der Waals surface area contributed by atoms with Crippen molar-refractivity contribution in [3.63, 3.8) is 0 Å². The third kappa shape index (κ3) is 6.54. The summed E-state index contributed by atoms with van der Waals surface area (Å²) >= 11 is 12.3. The number of hydrogen-bond donors (Lipinski definition) is 4. The Morgan fingerprint density at radius 2 is 1.77 bits per heavy atom. The van der Waals surface area contributed by atoms with Gasteiger partial charge in [0.15, 0.2) is 0 Å². The fraction of sp³-hybridized carbons (Fsp3) is 0.300. The van der Waals surface area contributed by atoms with Gasteiger partial charge in [0.2, 0.25) is 0 Å². The van der Waals surface area contributed by atoms with E-state index in [1.807, 2.05) is 42.5 Å².